The topological polar surface area (TPSA) is 95.8 Å². The molecule has 1 aromatic rings. The summed E-state index contributed by atoms with van der Waals surface area (Å²) in [7, 11) is 0. The Morgan fingerprint density at radius 1 is 1.48 bits per heavy atom. The van der Waals surface area contributed by atoms with E-state index in [4.69, 9.17) is 4.74 Å². The predicted molar refractivity (Wildman–Crippen MR) is 99.1 cm³/mol. The van der Waals surface area contributed by atoms with Crippen molar-refractivity contribution >= 4 is 23.3 Å². The van der Waals surface area contributed by atoms with Gasteiger partial charge in [-0.15, -0.1) is 11.3 Å². The monoisotopic (exact) mass is 368 g/mol. The SMILES string of the molecule is CCNC(=NCC1(CO)CC1)NC(C)c1nc(C)c(C(=O)OCC)s1. The molecular formula is C17H28N4O3S. The van der Waals surface area contributed by atoms with Crippen LogP contribution in [0.15, 0.2) is 4.99 Å². The van der Waals surface area contributed by atoms with Gasteiger partial charge in [0.05, 0.1) is 31.5 Å². The maximum atomic E-state index is 11.9. The molecule has 1 fully saturated rings. The van der Waals surface area contributed by atoms with Crippen LogP contribution < -0.4 is 10.6 Å². The Bertz CT molecular complexity index is 625. The van der Waals surface area contributed by atoms with Crippen molar-refractivity contribution in [2.24, 2.45) is 10.4 Å². The van der Waals surface area contributed by atoms with Crippen LogP contribution in [0.25, 0.3) is 0 Å². The smallest absolute Gasteiger partial charge is 0.350 e. The number of aryl methyl sites for hydroxylation is 1. The van der Waals surface area contributed by atoms with Crippen molar-refractivity contribution in [1.82, 2.24) is 15.6 Å². The Kier molecular flexibility index (Phi) is 6.78. The van der Waals surface area contributed by atoms with Crippen molar-refractivity contribution in [1.29, 1.82) is 0 Å². The van der Waals surface area contributed by atoms with Crippen LogP contribution in [0, 0.1) is 12.3 Å². The molecule has 0 amide bonds. The first kappa shape index (κ1) is 19.7. The van der Waals surface area contributed by atoms with E-state index in [1.165, 1.54) is 11.3 Å². The fourth-order valence-corrected chi connectivity index (χ4v) is 3.33. The highest BCUT2D eigenvalue weighted by Gasteiger charge is 2.41. The number of guanidine groups is 1. The Balaban J connectivity index is 2.05. The maximum Gasteiger partial charge on any atom is 0.350 e. The van der Waals surface area contributed by atoms with E-state index in [0.29, 0.717) is 29.7 Å². The van der Waals surface area contributed by atoms with Crippen LogP contribution in [-0.4, -0.2) is 48.3 Å². The molecule has 0 aliphatic heterocycles. The van der Waals surface area contributed by atoms with Gasteiger partial charge in [0.25, 0.3) is 0 Å². The van der Waals surface area contributed by atoms with E-state index in [1.807, 2.05) is 20.8 Å². The first-order chi connectivity index (χ1) is 11.9. The number of hydrogen-bond acceptors (Lipinski definition) is 6. The zero-order valence-corrected chi connectivity index (χ0v) is 16.2. The van der Waals surface area contributed by atoms with Gasteiger partial charge in [0.15, 0.2) is 5.96 Å². The molecule has 1 aliphatic rings. The lowest BCUT2D eigenvalue weighted by molar-refractivity contribution is 0.0531. The highest BCUT2D eigenvalue weighted by molar-refractivity contribution is 7.13. The van der Waals surface area contributed by atoms with E-state index in [1.54, 1.807) is 6.92 Å². The molecule has 1 saturated carbocycles. The molecule has 3 N–H and O–H groups in total. The predicted octanol–water partition coefficient (Wildman–Crippen LogP) is 2.02. The normalized spacial score (nSPS) is 17.1. The van der Waals surface area contributed by atoms with Crippen molar-refractivity contribution in [3.8, 4) is 0 Å². The van der Waals surface area contributed by atoms with Crippen LogP contribution in [0.4, 0.5) is 0 Å². The molecule has 8 heteroatoms. The van der Waals surface area contributed by atoms with Gasteiger partial charge in [-0.05, 0) is 40.5 Å². The summed E-state index contributed by atoms with van der Waals surface area (Å²) >= 11 is 1.35. The van der Waals surface area contributed by atoms with Gasteiger partial charge in [0.2, 0.25) is 0 Å². The molecule has 25 heavy (non-hydrogen) atoms. The van der Waals surface area contributed by atoms with Gasteiger partial charge in [-0.3, -0.25) is 4.99 Å². The number of carbonyl (C=O) groups is 1. The van der Waals surface area contributed by atoms with Crippen molar-refractivity contribution in [2.45, 2.75) is 46.6 Å². The van der Waals surface area contributed by atoms with Crippen molar-refractivity contribution in [3.63, 3.8) is 0 Å². The number of carbonyl (C=O) groups excluding carboxylic acids is 1. The lowest BCUT2D eigenvalue weighted by atomic mass is 10.1. The molecule has 1 atom stereocenters. The molecule has 0 aromatic carbocycles. The minimum atomic E-state index is -0.324. The number of hydrogen-bond donors (Lipinski definition) is 3. The van der Waals surface area contributed by atoms with E-state index >= 15 is 0 Å². The Labute approximate surface area is 152 Å². The second kappa shape index (κ2) is 8.62. The fourth-order valence-electron chi connectivity index (χ4n) is 2.37. The van der Waals surface area contributed by atoms with E-state index in [0.717, 1.165) is 24.4 Å². The summed E-state index contributed by atoms with van der Waals surface area (Å²) in [6, 6.07) is -0.0889. The number of aliphatic hydroxyl groups excluding tert-OH is 1. The first-order valence-corrected chi connectivity index (χ1v) is 9.56. The van der Waals surface area contributed by atoms with Crippen LogP contribution in [0.5, 0.6) is 0 Å². The Morgan fingerprint density at radius 2 is 2.20 bits per heavy atom. The van der Waals surface area contributed by atoms with Gasteiger partial charge in [0.1, 0.15) is 9.88 Å². The summed E-state index contributed by atoms with van der Waals surface area (Å²) in [5.41, 5.74) is 0.659. The van der Waals surface area contributed by atoms with Crippen molar-refractivity contribution in [3.05, 3.63) is 15.6 Å². The lowest BCUT2D eigenvalue weighted by Crippen LogP contribution is -2.39. The van der Waals surface area contributed by atoms with Crippen LogP contribution in [-0.2, 0) is 4.74 Å². The standard InChI is InChI=1S/C17H28N4O3S/c1-5-18-16(19-9-17(10-22)7-8-17)21-12(4)14-20-11(3)13(25-14)15(23)24-6-2/h12,22H,5-10H2,1-4H3,(H2,18,19,21). The number of esters is 1. The number of ether oxygens (including phenoxy) is 1. The molecule has 0 saturated heterocycles. The van der Waals surface area contributed by atoms with E-state index in [2.05, 4.69) is 20.6 Å². The molecule has 1 aromatic heterocycles. The first-order valence-electron chi connectivity index (χ1n) is 8.75. The quantitative estimate of drug-likeness (QED) is 0.369. The van der Waals surface area contributed by atoms with E-state index < -0.39 is 0 Å². The highest BCUT2D eigenvalue weighted by atomic mass is 32.1. The molecule has 1 unspecified atom stereocenters. The minimum Gasteiger partial charge on any atom is -0.462 e. The number of rotatable bonds is 8. The summed E-state index contributed by atoms with van der Waals surface area (Å²) < 4.78 is 5.07. The van der Waals surface area contributed by atoms with Gasteiger partial charge in [-0.25, -0.2) is 9.78 Å². The van der Waals surface area contributed by atoms with Gasteiger partial charge >= 0.3 is 5.97 Å². The minimum absolute atomic E-state index is 0.0273. The number of aliphatic hydroxyl groups is 1. The average molecular weight is 369 g/mol. The number of aliphatic imine (C=N–C) groups is 1. The number of aromatic nitrogens is 1. The van der Waals surface area contributed by atoms with Gasteiger partial charge in [-0.1, -0.05) is 0 Å². The summed E-state index contributed by atoms with van der Waals surface area (Å²) in [5, 5.41) is 16.8. The fraction of sp³-hybridized carbons (Fsp3) is 0.706. The van der Waals surface area contributed by atoms with E-state index in [-0.39, 0.29) is 24.0 Å². The van der Waals surface area contributed by atoms with Gasteiger partial charge in [-0.2, -0.15) is 0 Å². The third kappa shape index (κ3) is 5.15. The Hall–Kier alpha value is -1.67. The third-order valence-electron chi connectivity index (χ3n) is 4.21. The average Bonchev–Trinajstić information content (AvgIpc) is 3.27. The zero-order valence-electron chi connectivity index (χ0n) is 15.4. The molecule has 2 rings (SSSR count). The molecule has 1 aliphatic carbocycles. The summed E-state index contributed by atoms with van der Waals surface area (Å²) in [4.78, 5) is 21.6. The van der Waals surface area contributed by atoms with Crippen LogP contribution >= 0.6 is 11.3 Å². The molecular weight excluding hydrogens is 340 g/mol. The molecule has 1 heterocycles. The van der Waals surface area contributed by atoms with Gasteiger partial charge < -0.3 is 20.5 Å². The highest BCUT2D eigenvalue weighted by Crippen LogP contribution is 2.45. The van der Waals surface area contributed by atoms with Crippen LogP contribution in [0.2, 0.25) is 0 Å². The van der Waals surface area contributed by atoms with Crippen molar-refractivity contribution in [2.75, 3.05) is 26.3 Å². The number of nitrogens with one attached hydrogen (secondary N) is 2. The van der Waals surface area contributed by atoms with Crippen LogP contribution in [0.1, 0.15) is 60.0 Å². The summed E-state index contributed by atoms with van der Waals surface area (Å²) in [6.07, 6.45) is 2.05. The van der Waals surface area contributed by atoms with E-state index in [9.17, 15) is 9.90 Å². The lowest BCUT2D eigenvalue weighted by Gasteiger charge is -2.17. The second-order valence-electron chi connectivity index (χ2n) is 6.41. The number of thiazole rings is 1. The van der Waals surface area contributed by atoms with Crippen LogP contribution in [0.3, 0.4) is 0 Å². The summed E-state index contributed by atoms with van der Waals surface area (Å²) in [5.74, 6) is 0.371. The summed E-state index contributed by atoms with van der Waals surface area (Å²) in [6.45, 7) is 9.48. The molecule has 0 bridgehead atoms. The maximum absolute atomic E-state index is 11.9. The van der Waals surface area contributed by atoms with Crippen molar-refractivity contribution < 1.29 is 14.6 Å². The Morgan fingerprint density at radius 3 is 2.76 bits per heavy atom. The molecule has 140 valence electrons. The molecule has 7 nitrogen and oxygen atoms in total. The molecule has 0 spiro atoms. The number of nitrogens with zero attached hydrogens (tertiary/aromatic N) is 2. The molecule has 0 radical (unpaired) electrons. The third-order valence-corrected chi connectivity index (χ3v) is 5.53. The van der Waals surface area contributed by atoms with Gasteiger partial charge in [0, 0.05) is 12.0 Å². The largest absolute Gasteiger partial charge is 0.462 e. The second-order valence-corrected chi connectivity index (χ2v) is 7.44. The zero-order chi connectivity index (χ0) is 18.4.